The average molecular weight is 176 g/mol. The smallest absolute Gasteiger partial charge is 0.0968 e. The van der Waals surface area contributed by atoms with Crippen LogP contribution >= 0.6 is 0 Å². The summed E-state index contributed by atoms with van der Waals surface area (Å²) in [5.74, 6) is -0.352. The van der Waals surface area contributed by atoms with Crippen LogP contribution in [0.3, 0.4) is 0 Å². The summed E-state index contributed by atoms with van der Waals surface area (Å²) in [7, 11) is 0. The molecule has 0 spiro atoms. The van der Waals surface area contributed by atoms with Gasteiger partial charge in [0, 0.05) is 24.6 Å². The molecule has 1 aliphatic rings. The van der Waals surface area contributed by atoms with Crippen molar-refractivity contribution in [3.63, 3.8) is 0 Å². The van der Waals surface area contributed by atoms with Crippen LogP contribution < -0.4 is 11.5 Å². The second-order valence-electron chi connectivity index (χ2n) is 3.40. The molecule has 1 rings (SSSR count). The number of aliphatic hydroxyl groups excluding tert-OH is 3. The predicted molar refractivity (Wildman–Crippen MR) is 43.2 cm³/mol. The summed E-state index contributed by atoms with van der Waals surface area (Å²) in [6, 6.07) is -0.941. The molecule has 0 aromatic heterocycles. The third-order valence-corrected chi connectivity index (χ3v) is 2.53. The molecule has 12 heavy (non-hydrogen) atoms. The van der Waals surface area contributed by atoms with Gasteiger partial charge < -0.3 is 26.8 Å². The second-order valence-corrected chi connectivity index (χ2v) is 3.40. The van der Waals surface area contributed by atoms with Crippen molar-refractivity contribution in [2.45, 2.75) is 30.7 Å². The van der Waals surface area contributed by atoms with E-state index < -0.39 is 18.2 Å². The Bertz CT molecular complexity index is 151. The zero-order valence-corrected chi connectivity index (χ0v) is 6.80. The summed E-state index contributed by atoms with van der Waals surface area (Å²) < 4.78 is 0. The number of nitrogens with two attached hydrogens (primary N) is 2. The lowest BCUT2D eigenvalue weighted by Crippen LogP contribution is -2.61. The molecular weight excluding hydrogens is 160 g/mol. The highest BCUT2D eigenvalue weighted by atomic mass is 16.3. The van der Waals surface area contributed by atoms with Gasteiger partial charge in [0.15, 0.2) is 0 Å². The molecule has 0 unspecified atom stereocenters. The van der Waals surface area contributed by atoms with Gasteiger partial charge in [-0.1, -0.05) is 0 Å². The minimum Gasteiger partial charge on any atom is -0.396 e. The largest absolute Gasteiger partial charge is 0.396 e. The maximum Gasteiger partial charge on any atom is 0.0968 e. The molecule has 1 fully saturated rings. The highest BCUT2D eigenvalue weighted by molar-refractivity contribution is 4.96. The van der Waals surface area contributed by atoms with E-state index in [0.29, 0.717) is 6.42 Å². The molecule has 0 aromatic rings. The Balaban J connectivity index is 2.63. The molecule has 0 amide bonds. The first-order valence-corrected chi connectivity index (χ1v) is 4.06. The lowest BCUT2D eigenvalue weighted by atomic mass is 9.79. The fraction of sp³-hybridized carbons (Fsp3) is 1.00. The van der Waals surface area contributed by atoms with Crippen LogP contribution in [0.1, 0.15) is 6.42 Å². The zero-order valence-electron chi connectivity index (χ0n) is 6.80. The first-order valence-electron chi connectivity index (χ1n) is 4.06. The van der Waals surface area contributed by atoms with E-state index in [-0.39, 0.29) is 18.6 Å². The standard InChI is InChI=1S/C7H16N2O3/c8-4-1-3(2-10)6(11)7(12)5(4)9/h3-7,10-12H,1-2,8-9H2/t3-,4-,5-,6-,7-/m1/s1. The molecule has 1 saturated carbocycles. The second kappa shape index (κ2) is 3.68. The molecule has 0 heterocycles. The fourth-order valence-electron chi connectivity index (χ4n) is 1.59. The van der Waals surface area contributed by atoms with Gasteiger partial charge in [-0.25, -0.2) is 0 Å². The summed E-state index contributed by atoms with van der Waals surface area (Å²) in [6.07, 6.45) is -1.52. The number of aliphatic hydroxyl groups is 3. The van der Waals surface area contributed by atoms with Gasteiger partial charge >= 0.3 is 0 Å². The first kappa shape index (κ1) is 9.88. The van der Waals surface area contributed by atoms with Crippen molar-refractivity contribution in [3.8, 4) is 0 Å². The Kier molecular flexibility index (Phi) is 3.03. The molecule has 7 N–H and O–H groups in total. The van der Waals surface area contributed by atoms with Gasteiger partial charge in [-0.05, 0) is 6.42 Å². The topological polar surface area (TPSA) is 113 Å². The average Bonchev–Trinajstić information content (AvgIpc) is 2.08. The fourth-order valence-corrected chi connectivity index (χ4v) is 1.59. The minimum atomic E-state index is -1.02. The van der Waals surface area contributed by atoms with E-state index in [1.165, 1.54) is 0 Å². The summed E-state index contributed by atoms with van der Waals surface area (Å²) in [5, 5.41) is 27.5. The van der Waals surface area contributed by atoms with Crippen LogP contribution in [0, 0.1) is 5.92 Å². The van der Waals surface area contributed by atoms with Crippen molar-refractivity contribution >= 4 is 0 Å². The van der Waals surface area contributed by atoms with Gasteiger partial charge in [-0.15, -0.1) is 0 Å². The summed E-state index contributed by atoms with van der Waals surface area (Å²) in [6.45, 7) is -0.168. The SMILES string of the molecule is N[C@H]1[C@@H](O)[C@H](O)[C@@H](CO)C[C@H]1N. The third kappa shape index (κ3) is 1.60. The highest BCUT2D eigenvalue weighted by Crippen LogP contribution is 2.23. The molecular formula is C7H16N2O3. The Hall–Kier alpha value is -0.200. The maximum atomic E-state index is 9.38. The quantitative estimate of drug-likeness (QED) is 0.300. The first-order chi connectivity index (χ1) is 5.57. The van der Waals surface area contributed by atoms with Crippen molar-refractivity contribution in [2.24, 2.45) is 17.4 Å². The van der Waals surface area contributed by atoms with Gasteiger partial charge in [-0.3, -0.25) is 0 Å². The van der Waals surface area contributed by atoms with Gasteiger partial charge in [0.25, 0.3) is 0 Å². The van der Waals surface area contributed by atoms with Crippen molar-refractivity contribution in [3.05, 3.63) is 0 Å². The molecule has 1 aliphatic carbocycles. The van der Waals surface area contributed by atoms with Gasteiger partial charge in [0.05, 0.1) is 12.2 Å². The van der Waals surface area contributed by atoms with Gasteiger partial charge in [0.1, 0.15) is 0 Å². The molecule has 0 saturated heterocycles. The van der Waals surface area contributed by atoms with E-state index in [2.05, 4.69) is 0 Å². The van der Waals surface area contributed by atoms with Gasteiger partial charge in [-0.2, -0.15) is 0 Å². The van der Waals surface area contributed by atoms with Crippen LogP contribution in [0.5, 0.6) is 0 Å². The van der Waals surface area contributed by atoms with Crippen LogP contribution in [0.2, 0.25) is 0 Å². The summed E-state index contributed by atoms with van der Waals surface area (Å²) in [5.41, 5.74) is 11.1. The zero-order chi connectivity index (χ0) is 9.30. The lowest BCUT2D eigenvalue weighted by molar-refractivity contribution is -0.0736. The summed E-state index contributed by atoms with van der Waals surface area (Å²) in [4.78, 5) is 0. The lowest BCUT2D eigenvalue weighted by Gasteiger charge is -2.38. The number of rotatable bonds is 1. The van der Waals surface area contributed by atoms with E-state index in [9.17, 15) is 10.2 Å². The molecule has 0 aliphatic heterocycles. The minimum absolute atomic E-state index is 0.168. The molecule has 0 aromatic carbocycles. The van der Waals surface area contributed by atoms with E-state index >= 15 is 0 Å². The van der Waals surface area contributed by atoms with Crippen LogP contribution in [-0.2, 0) is 0 Å². The monoisotopic (exact) mass is 176 g/mol. The van der Waals surface area contributed by atoms with Crippen molar-refractivity contribution < 1.29 is 15.3 Å². The normalized spacial score (nSPS) is 49.2. The van der Waals surface area contributed by atoms with Crippen molar-refractivity contribution in [1.29, 1.82) is 0 Å². The highest BCUT2D eigenvalue weighted by Gasteiger charge is 2.39. The van der Waals surface area contributed by atoms with Crippen LogP contribution in [0.15, 0.2) is 0 Å². The van der Waals surface area contributed by atoms with E-state index in [4.69, 9.17) is 16.6 Å². The van der Waals surface area contributed by atoms with Crippen LogP contribution in [0.4, 0.5) is 0 Å². The predicted octanol–water partition coefficient (Wildman–Crippen LogP) is -2.62. The Morgan fingerprint density at radius 2 is 1.75 bits per heavy atom. The summed E-state index contributed by atoms with van der Waals surface area (Å²) >= 11 is 0. The maximum absolute atomic E-state index is 9.38. The number of hydrogen-bond acceptors (Lipinski definition) is 5. The molecule has 0 radical (unpaired) electrons. The van der Waals surface area contributed by atoms with Gasteiger partial charge in [0.2, 0.25) is 0 Å². The van der Waals surface area contributed by atoms with E-state index in [0.717, 1.165) is 0 Å². The molecule has 0 bridgehead atoms. The molecule has 72 valence electrons. The molecule has 5 atom stereocenters. The Morgan fingerprint density at radius 3 is 2.25 bits per heavy atom. The van der Waals surface area contributed by atoms with E-state index in [1.807, 2.05) is 0 Å². The van der Waals surface area contributed by atoms with E-state index in [1.54, 1.807) is 0 Å². The Morgan fingerprint density at radius 1 is 1.17 bits per heavy atom. The molecule has 5 heteroatoms. The van der Waals surface area contributed by atoms with Crippen LogP contribution in [0.25, 0.3) is 0 Å². The third-order valence-electron chi connectivity index (χ3n) is 2.53. The van der Waals surface area contributed by atoms with Crippen molar-refractivity contribution in [2.75, 3.05) is 6.61 Å². The van der Waals surface area contributed by atoms with Crippen LogP contribution in [-0.4, -0.2) is 46.2 Å². The van der Waals surface area contributed by atoms with Crippen molar-refractivity contribution in [1.82, 2.24) is 0 Å². The Labute approximate surface area is 71.0 Å². The molecule has 5 nitrogen and oxygen atoms in total. The number of hydrogen-bond donors (Lipinski definition) is 5.